The molecule has 2 rings (SSSR count). The highest BCUT2D eigenvalue weighted by molar-refractivity contribution is 6.39. The molecule has 106 valence electrons. The number of rotatable bonds is 5. The number of nitrogens with one attached hydrogen (secondary N) is 2. The predicted molar refractivity (Wildman–Crippen MR) is 82.7 cm³/mol. The molecule has 1 aromatic heterocycles. The van der Waals surface area contributed by atoms with Crippen LogP contribution in [0.3, 0.4) is 0 Å². The Morgan fingerprint density at radius 2 is 1.75 bits per heavy atom. The van der Waals surface area contributed by atoms with Gasteiger partial charge >= 0.3 is 0 Å². The molecule has 3 nitrogen and oxygen atoms in total. The lowest BCUT2D eigenvalue weighted by Gasteiger charge is -2.12. The average molecular weight is 314 g/mol. The van der Waals surface area contributed by atoms with Crippen LogP contribution in [0.25, 0.3) is 0 Å². The highest BCUT2D eigenvalue weighted by Crippen LogP contribution is 2.33. The summed E-state index contributed by atoms with van der Waals surface area (Å²) >= 11 is 12.0. The maximum atomic E-state index is 13.1. The van der Waals surface area contributed by atoms with Crippen LogP contribution in [0.15, 0.2) is 30.6 Å². The number of hydrogen-bond acceptors (Lipinski definition) is 3. The van der Waals surface area contributed by atoms with Crippen molar-refractivity contribution < 1.29 is 4.39 Å². The first-order chi connectivity index (χ1) is 9.60. The normalized spacial score (nSPS) is 10.4. The Hall–Kier alpha value is -1.52. The number of anilines is 3. The molecule has 0 atom stereocenters. The molecule has 0 radical (unpaired) electrons. The van der Waals surface area contributed by atoms with Crippen molar-refractivity contribution in [3.63, 3.8) is 0 Å². The van der Waals surface area contributed by atoms with Crippen LogP contribution in [0, 0.1) is 5.82 Å². The average Bonchev–Trinajstić information content (AvgIpc) is 2.41. The van der Waals surface area contributed by atoms with E-state index in [-0.39, 0.29) is 10.0 Å². The Bertz CT molecular complexity index is 582. The summed E-state index contributed by atoms with van der Waals surface area (Å²) in [6.07, 6.45) is 4.40. The van der Waals surface area contributed by atoms with Crippen LogP contribution in [0.4, 0.5) is 21.5 Å². The first kappa shape index (κ1) is 14.9. The highest BCUT2D eigenvalue weighted by atomic mass is 35.5. The molecular formula is C14H14Cl2FN3. The summed E-state index contributed by atoms with van der Waals surface area (Å²) in [5, 5.41) is 6.73. The van der Waals surface area contributed by atoms with Crippen molar-refractivity contribution in [2.24, 2.45) is 0 Å². The number of nitrogens with zero attached hydrogens (tertiary/aromatic N) is 1. The van der Waals surface area contributed by atoms with Crippen LogP contribution < -0.4 is 10.6 Å². The van der Waals surface area contributed by atoms with Gasteiger partial charge in [0, 0.05) is 6.54 Å². The first-order valence-corrected chi connectivity index (χ1v) is 6.96. The molecule has 2 N–H and O–H groups in total. The van der Waals surface area contributed by atoms with E-state index in [0.29, 0.717) is 5.69 Å². The molecule has 0 saturated carbocycles. The van der Waals surface area contributed by atoms with E-state index in [4.69, 9.17) is 23.2 Å². The van der Waals surface area contributed by atoms with Crippen molar-refractivity contribution in [3.8, 4) is 0 Å². The third kappa shape index (κ3) is 3.74. The van der Waals surface area contributed by atoms with Crippen molar-refractivity contribution in [1.82, 2.24) is 4.98 Å². The van der Waals surface area contributed by atoms with Crippen molar-refractivity contribution in [3.05, 3.63) is 46.5 Å². The summed E-state index contributed by atoms with van der Waals surface area (Å²) in [7, 11) is 0. The predicted octanol–water partition coefficient (Wildman–Crippen LogP) is 5.09. The summed E-state index contributed by atoms with van der Waals surface area (Å²) in [5.41, 5.74) is 2.08. The topological polar surface area (TPSA) is 37.0 Å². The maximum Gasteiger partial charge on any atom is 0.126 e. The highest BCUT2D eigenvalue weighted by Gasteiger charge is 2.09. The largest absolute Gasteiger partial charge is 0.384 e. The molecule has 0 aliphatic rings. The van der Waals surface area contributed by atoms with Crippen LogP contribution in [0.2, 0.25) is 10.0 Å². The lowest BCUT2D eigenvalue weighted by molar-refractivity contribution is 0.628. The monoisotopic (exact) mass is 313 g/mol. The quantitative estimate of drug-likeness (QED) is 0.807. The molecule has 20 heavy (non-hydrogen) atoms. The fourth-order valence-corrected chi connectivity index (χ4v) is 2.24. The zero-order valence-corrected chi connectivity index (χ0v) is 12.4. The third-order valence-electron chi connectivity index (χ3n) is 2.59. The van der Waals surface area contributed by atoms with Crippen LogP contribution in [-0.2, 0) is 0 Å². The Morgan fingerprint density at radius 1 is 1.10 bits per heavy atom. The molecule has 1 aromatic carbocycles. The standard InChI is InChI=1S/C14H14Cl2FN3/c1-2-3-19-10-6-11(8-18-7-10)20-14-12(15)4-9(17)5-13(14)16/h4-8,19-20H,2-3H2,1H3. The summed E-state index contributed by atoms with van der Waals surface area (Å²) in [5.74, 6) is -0.470. The number of aromatic nitrogens is 1. The van der Waals surface area contributed by atoms with Gasteiger partial charge in [-0.05, 0) is 24.6 Å². The van der Waals surface area contributed by atoms with Gasteiger partial charge in [-0.1, -0.05) is 30.1 Å². The second-order valence-electron chi connectivity index (χ2n) is 4.26. The second kappa shape index (κ2) is 6.77. The number of pyridine rings is 1. The third-order valence-corrected chi connectivity index (χ3v) is 3.19. The molecule has 0 spiro atoms. The van der Waals surface area contributed by atoms with E-state index in [9.17, 15) is 4.39 Å². The Balaban J connectivity index is 2.22. The van der Waals surface area contributed by atoms with E-state index < -0.39 is 5.82 Å². The Labute approximate surface area is 127 Å². The van der Waals surface area contributed by atoms with Gasteiger partial charge in [-0.2, -0.15) is 0 Å². The van der Waals surface area contributed by atoms with Crippen LogP contribution in [0.1, 0.15) is 13.3 Å². The molecule has 0 bridgehead atoms. The van der Waals surface area contributed by atoms with E-state index in [1.165, 1.54) is 12.1 Å². The van der Waals surface area contributed by atoms with Crippen LogP contribution >= 0.6 is 23.2 Å². The fraction of sp³-hybridized carbons (Fsp3) is 0.214. The molecule has 0 aliphatic heterocycles. The fourth-order valence-electron chi connectivity index (χ4n) is 1.68. The number of hydrogen-bond donors (Lipinski definition) is 2. The molecule has 0 unspecified atom stereocenters. The minimum Gasteiger partial charge on any atom is -0.384 e. The van der Waals surface area contributed by atoms with E-state index in [2.05, 4.69) is 22.5 Å². The number of halogens is 3. The summed E-state index contributed by atoms with van der Waals surface area (Å²) in [6.45, 7) is 2.95. The van der Waals surface area contributed by atoms with Gasteiger partial charge < -0.3 is 10.6 Å². The van der Waals surface area contributed by atoms with Crippen molar-refractivity contribution in [2.45, 2.75) is 13.3 Å². The molecular weight excluding hydrogens is 300 g/mol. The van der Waals surface area contributed by atoms with Gasteiger partial charge in [-0.15, -0.1) is 0 Å². The summed E-state index contributed by atoms with van der Waals surface area (Å²) in [4.78, 5) is 4.13. The molecule has 1 heterocycles. The van der Waals surface area contributed by atoms with Crippen LogP contribution in [-0.4, -0.2) is 11.5 Å². The van der Waals surface area contributed by atoms with E-state index in [1.807, 2.05) is 6.07 Å². The Morgan fingerprint density at radius 3 is 2.40 bits per heavy atom. The lowest BCUT2D eigenvalue weighted by Crippen LogP contribution is -2.01. The maximum absolute atomic E-state index is 13.1. The molecule has 2 aromatic rings. The minimum absolute atomic E-state index is 0.224. The second-order valence-corrected chi connectivity index (χ2v) is 5.07. The first-order valence-electron chi connectivity index (χ1n) is 6.20. The van der Waals surface area contributed by atoms with E-state index in [0.717, 1.165) is 24.3 Å². The van der Waals surface area contributed by atoms with Crippen molar-refractivity contribution >= 4 is 40.3 Å². The zero-order chi connectivity index (χ0) is 14.5. The van der Waals surface area contributed by atoms with Crippen molar-refractivity contribution in [1.29, 1.82) is 0 Å². The van der Waals surface area contributed by atoms with Gasteiger partial charge in [0.05, 0.1) is 39.5 Å². The van der Waals surface area contributed by atoms with Gasteiger partial charge in [0.25, 0.3) is 0 Å². The van der Waals surface area contributed by atoms with E-state index in [1.54, 1.807) is 12.4 Å². The zero-order valence-electron chi connectivity index (χ0n) is 10.9. The summed E-state index contributed by atoms with van der Waals surface area (Å²) < 4.78 is 13.1. The molecule has 0 aliphatic carbocycles. The van der Waals surface area contributed by atoms with Crippen molar-refractivity contribution in [2.75, 3.05) is 17.2 Å². The SMILES string of the molecule is CCCNc1cncc(Nc2c(Cl)cc(F)cc2Cl)c1. The van der Waals surface area contributed by atoms with Gasteiger partial charge in [0.1, 0.15) is 5.82 Å². The van der Waals surface area contributed by atoms with Gasteiger partial charge in [-0.25, -0.2) is 4.39 Å². The van der Waals surface area contributed by atoms with E-state index >= 15 is 0 Å². The molecule has 0 fully saturated rings. The molecule has 0 amide bonds. The minimum atomic E-state index is -0.470. The number of benzene rings is 1. The smallest absolute Gasteiger partial charge is 0.126 e. The van der Waals surface area contributed by atoms with Gasteiger partial charge in [0.15, 0.2) is 0 Å². The molecule has 0 saturated heterocycles. The summed E-state index contributed by atoms with van der Waals surface area (Å²) in [6, 6.07) is 4.31. The van der Waals surface area contributed by atoms with Crippen LogP contribution in [0.5, 0.6) is 0 Å². The van der Waals surface area contributed by atoms with Gasteiger partial charge in [-0.3, -0.25) is 4.98 Å². The molecule has 6 heteroatoms. The lowest BCUT2D eigenvalue weighted by atomic mass is 10.3. The van der Waals surface area contributed by atoms with Gasteiger partial charge in [0.2, 0.25) is 0 Å². The Kier molecular flexibility index (Phi) is 5.04.